The zero-order valence-electron chi connectivity index (χ0n) is 10.0. The van der Waals surface area contributed by atoms with Crippen LogP contribution in [-0.4, -0.2) is 26.2 Å². The lowest BCUT2D eigenvalue weighted by Gasteiger charge is -2.23. The van der Waals surface area contributed by atoms with Crippen LogP contribution in [0.2, 0.25) is 0 Å². The molecule has 2 nitrogen and oxygen atoms in total. The maximum absolute atomic E-state index is 3.58. The summed E-state index contributed by atoms with van der Waals surface area (Å²) in [6.07, 6.45) is 3.97. The molecule has 2 heteroatoms. The van der Waals surface area contributed by atoms with Crippen LogP contribution in [0, 0.1) is 11.3 Å². The van der Waals surface area contributed by atoms with Gasteiger partial charge in [0.2, 0.25) is 0 Å². The fourth-order valence-electron chi connectivity index (χ4n) is 1.82. The molecule has 0 aromatic rings. The Balaban J connectivity index is 1.98. The summed E-state index contributed by atoms with van der Waals surface area (Å²) in [7, 11) is 0. The van der Waals surface area contributed by atoms with E-state index in [1.54, 1.807) is 0 Å². The molecule has 0 saturated carbocycles. The molecule has 1 atom stereocenters. The van der Waals surface area contributed by atoms with E-state index in [0.717, 1.165) is 12.5 Å². The van der Waals surface area contributed by atoms with E-state index < -0.39 is 0 Å². The highest BCUT2D eigenvalue weighted by Gasteiger charge is 2.16. The highest BCUT2D eigenvalue weighted by molar-refractivity contribution is 4.73. The van der Waals surface area contributed by atoms with Crippen molar-refractivity contribution in [3.8, 4) is 0 Å². The van der Waals surface area contributed by atoms with Crippen LogP contribution in [-0.2, 0) is 0 Å². The van der Waals surface area contributed by atoms with E-state index in [1.165, 1.54) is 38.9 Å². The number of hydrogen-bond acceptors (Lipinski definition) is 2. The summed E-state index contributed by atoms with van der Waals surface area (Å²) in [5.74, 6) is 0.923. The minimum Gasteiger partial charge on any atom is -0.316 e. The van der Waals surface area contributed by atoms with Gasteiger partial charge in [0.15, 0.2) is 0 Å². The molecule has 1 rings (SSSR count). The van der Waals surface area contributed by atoms with E-state index in [9.17, 15) is 0 Å². The Morgan fingerprint density at radius 2 is 2.21 bits per heavy atom. The van der Waals surface area contributed by atoms with E-state index in [2.05, 4.69) is 31.4 Å². The Hall–Kier alpha value is -0.0800. The van der Waals surface area contributed by atoms with E-state index in [0.29, 0.717) is 5.41 Å². The van der Waals surface area contributed by atoms with E-state index in [1.807, 2.05) is 0 Å². The Morgan fingerprint density at radius 3 is 2.79 bits per heavy atom. The van der Waals surface area contributed by atoms with Crippen LogP contribution in [0.4, 0.5) is 0 Å². The van der Waals surface area contributed by atoms with Gasteiger partial charge in [0.1, 0.15) is 0 Å². The molecule has 0 spiro atoms. The minimum atomic E-state index is 0.466. The van der Waals surface area contributed by atoms with Crippen molar-refractivity contribution >= 4 is 0 Å². The van der Waals surface area contributed by atoms with Crippen molar-refractivity contribution in [1.29, 1.82) is 0 Å². The maximum atomic E-state index is 3.58. The Labute approximate surface area is 88.8 Å². The molecule has 14 heavy (non-hydrogen) atoms. The van der Waals surface area contributed by atoms with Crippen molar-refractivity contribution in [1.82, 2.24) is 10.6 Å². The van der Waals surface area contributed by atoms with Crippen LogP contribution < -0.4 is 10.6 Å². The third-order valence-corrected chi connectivity index (χ3v) is 3.45. The third kappa shape index (κ3) is 4.43. The summed E-state index contributed by atoms with van der Waals surface area (Å²) in [6.45, 7) is 11.7. The molecule has 0 radical (unpaired) electrons. The molecule has 0 aromatic heterocycles. The summed E-state index contributed by atoms with van der Waals surface area (Å²) in [5, 5.41) is 6.99. The Bertz CT molecular complexity index is 148. The molecule has 1 aliphatic rings. The average molecular weight is 198 g/mol. The summed E-state index contributed by atoms with van der Waals surface area (Å²) in [5.41, 5.74) is 0.466. The van der Waals surface area contributed by atoms with Crippen molar-refractivity contribution < 1.29 is 0 Å². The second kappa shape index (κ2) is 5.72. The smallest absolute Gasteiger partial charge is 0.000242 e. The van der Waals surface area contributed by atoms with Crippen LogP contribution >= 0.6 is 0 Å². The first-order chi connectivity index (χ1) is 6.64. The molecule has 1 unspecified atom stereocenters. The molecule has 0 bridgehead atoms. The monoisotopic (exact) mass is 198 g/mol. The second-order valence-corrected chi connectivity index (χ2v) is 5.34. The SMILES string of the molecule is CCC(C)(C)CNCCC1CCNC1. The molecule has 1 saturated heterocycles. The van der Waals surface area contributed by atoms with Gasteiger partial charge >= 0.3 is 0 Å². The molecular formula is C12H26N2. The standard InChI is InChI=1S/C12H26N2/c1-4-12(2,3)10-14-8-6-11-5-7-13-9-11/h11,13-14H,4-10H2,1-3H3. The molecule has 1 aliphatic heterocycles. The van der Waals surface area contributed by atoms with E-state index in [-0.39, 0.29) is 0 Å². The predicted octanol–water partition coefficient (Wildman–Crippen LogP) is 2.01. The minimum absolute atomic E-state index is 0.466. The zero-order valence-corrected chi connectivity index (χ0v) is 10.0. The highest BCUT2D eigenvalue weighted by Crippen LogP contribution is 2.18. The lowest BCUT2D eigenvalue weighted by Crippen LogP contribution is -2.30. The molecule has 84 valence electrons. The van der Waals surface area contributed by atoms with Gasteiger partial charge in [-0.2, -0.15) is 0 Å². The van der Waals surface area contributed by atoms with Crippen molar-refractivity contribution in [2.24, 2.45) is 11.3 Å². The van der Waals surface area contributed by atoms with Crippen LogP contribution in [0.1, 0.15) is 40.0 Å². The molecule has 2 N–H and O–H groups in total. The van der Waals surface area contributed by atoms with E-state index in [4.69, 9.17) is 0 Å². The molecular weight excluding hydrogens is 172 g/mol. The van der Waals surface area contributed by atoms with Gasteiger partial charge in [0, 0.05) is 6.54 Å². The van der Waals surface area contributed by atoms with Crippen molar-refractivity contribution in [2.45, 2.75) is 40.0 Å². The molecule has 0 aliphatic carbocycles. The average Bonchev–Trinajstić information content (AvgIpc) is 2.65. The Kier molecular flexibility index (Phi) is 4.90. The van der Waals surface area contributed by atoms with Crippen LogP contribution in [0.5, 0.6) is 0 Å². The van der Waals surface area contributed by atoms with Crippen LogP contribution in [0.15, 0.2) is 0 Å². The quantitative estimate of drug-likeness (QED) is 0.638. The van der Waals surface area contributed by atoms with Crippen LogP contribution in [0.25, 0.3) is 0 Å². The van der Waals surface area contributed by atoms with Gasteiger partial charge in [-0.15, -0.1) is 0 Å². The summed E-state index contributed by atoms with van der Waals surface area (Å²) < 4.78 is 0. The molecule has 0 amide bonds. The summed E-state index contributed by atoms with van der Waals surface area (Å²) in [6, 6.07) is 0. The normalized spacial score (nSPS) is 22.9. The second-order valence-electron chi connectivity index (χ2n) is 5.34. The fraction of sp³-hybridized carbons (Fsp3) is 1.00. The van der Waals surface area contributed by atoms with Crippen molar-refractivity contribution in [3.63, 3.8) is 0 Å². The number of hydrogen-bond donors (Lipinski definition) is 2. The fourth-order valence-corrected chi connectivity index (χ4v) is 1.82. The van der Waals surface area contributed by atoms with Crippen LogP contribution in [0.3, 0.4) is 0 Å². The third-order valence-electron chi connectivity index (χ3n) is 3.45. The van der Waals surface area contributed by atoms with Gasteiger partial charge in [-0.25, -0.2) is 0 Å². The van der Waals surface area contributed by atoms with Gasteiger partial charge < -0.3 is 10.6 Å². The van der Waals surface area contributed by atoms with Gasteiger partial charge in [0.05, 0.1) is 0 Å². The molecule has 0 aromatic carbocycles. The van der Waals surface area contributed by atoms with Crippen molar-refractivity contribution in [3.05, 3.63) is 0 Å². The summed E-state index contributed by atoms with van der Waals surface area (Å²) in [4.78, 5) is 0. The topological polar surface area (TPSA) is 24.1 Å². The largest absolute Gasteiger partial charge is 0.316 e. The van der Waals surface area contributed by atoms with Gasteiger partial charge in [-0.1, -0.05) is 20.8 Å². The van der Waals surface area contributed by atoms with Gasteiger partial charge in [-0.3, -0.25) is 0 Å². The molecule has 1 heterocycles. The first kappa shape index (κ1) is 12.0. The summed E-state index contributed by atoms with van der Waals surface area (Å²) >= 11 is 0. The Morgan fingerprint density at radius 1 is 1.43 bits per heavy atom. The lowest BCUT2D eigenvalue weighted by atomic mass is 9.90. The lowest BCUT2D eigenvalue weighted by molar-refractivity contribution is 0.323. The number of rotatable bonds is 6. The first-order valence-corrected chi connectivity index (χ1v) is 6.05. The first-order valence-electron chi connectivity index (χ1n) is 6.05. The van der Waals surface area contributed by atoms with E-state index >= 15 is 0 Å². The van der Waals surface area contributed by atoms with Gasteiger partial charge in [0.25, 0.3) is 0 Å². The number of nitrogens with one attached hydrogen (secondary N) is 2. The maximum Gasteiger partial charge on any atom is 0.000242 e. The highest BCUT2D eigenvalue weighted by atomic mass is 14.9. The van der Waals surface area contributed by atoms with Crippen molar-refractivity contribution in [2.75, 3.05) is 26.2 Å². The van der Waals surface area contributed by atoms with Gasteiger partial charge in [-0.05, 0) is 50.2 Å². The predicted molar refractivity (Wildman–Crippen MR) is 62.5 cm³/mol. The molecule has 1 fully saturated rings. The zero-order chi connectivity index (χ0) is 10.4.